The highest BCUT2D eigenvalue weighted by atomic mass is 19.1. The molecule has 0 aromatic carbocycles. The number of halogens is 1. The van der Waals surface area contributed by atoms with E-state index in [0.717, 1.165) is 26.0 Å². The lowest BCUT2D eigenvalue weighted by Gasteiger charge is -2.16. The minimum Gasteiger partial charge on any atom is -0.377 e. The van der Waals surface area contributed by atoms with Crippen molar-refractivity contribution >= 4 is 0 Å². The summed E-state index contributed by atoms with van der Waals surface area (Å²) in [5.74, 6) is 0. The fraction of sp³-hybridized carbons (Fsp3) is 1.00. The Labute approximate surface area is 77.6 Å². The maximum absolute atomic E-state index is 13.0. The first-order valence-electron chi connectivity index (χ1n) is 4.93. The van der Waals surface area contributed by atoms with Crippen LogP contribution in [-0.4, -0.2) is 44.7 Å². The van der Waals surface area contributed by atoms with Gasteiger partial charge in [0.1, 0.15) is 6.17 Å². The molecule has 2 rings (SSSR count). The topological polar surface area (TPSA) is 30.5 Å². The van der Waals surface area contributed by atoms with Gasteiger partial charge in [0.25, 0.3) is 0 Å². The second-order valence-corrected chi connectivity index (χ2v) is 3.70. The maximum atomic E-state index is 13.0. The standard InChI is InChI=1S/C9H16FNO2/c10-8-5-12-6-9(8)11-4-7-2-1-3-13-7/h7-9,11H,1-6H2. The Balaban J connectivity index is 1.66. The SMILES string of the molecule is FC1COCC1NCC1CCCO1. The van der Waals surface area contributed by atoms with E-state index in [2.05, 4.69) is 5.32 Å². The molecule has 76 valence electrons. The van der Waals surface area contributed by atoms with Gasteiger partial charge in [-0.2, -0.15) is 0 Å². The van der Waals surface area contributed by atoms with Gasteiger partial charge in [0.15, 0.2) is 0 Å². The van der Waals surface area contributed by atoms with E-state index >= 15 is 0 Å². The Morgan fingerprint density at radius 2 is 2.31 bits per heavy atom. The quantitative estimate of drug-likeness (QED) is 0.701. The highest BCUT2D eigenvalue weighted by Gasteiger charge is 2.28. The molecule has 2 fully saturated rings. The van der Waals surface area contributed by atoms with Crippen molar-refractivity contribution in [1.82, 2.24) is 5.32 Å². The van der Waals surface area contributed by atoms with Gasteiger partial charge >= 0.3 is 0 Å². The molecule has 2 heterocycles. The lowest BCUT2D eigenvalue weighted by Crippen LogP contribution is -2.40. The summed E-state index contributed by atoms with van der Waals surface area (Å²) in [6.45, 7) is 2.35. The maximum Gasteiger partial charge on any atom is 0.141 e. The summed E-state index contributed by atoms with van der Waals surface area (Å²) in [5, 5.41) is 3.15. The molecule has 0 aliphatic carbocycles. The molecule has 0 bridgehead atoms. The molecule has 0 amide bonds. The molecule has 4 heteroatoms. The minimum absolute atomic E-state index is 0.121. The number of alkyl halides is 1. The zero-order chi connectivity index (χ0) is 9.10. The Morgan fingerprint density at radius 3 is 2.92 bits per heavy atom. The van der Waals surface area contributed by atoms with Crippen molar-refractivity contribution in [3.8, 4) is 0 Å². The van der Waals surface area contributed by atoms with Gasteiger partial charge in [0.2, 0.25) is 0 Å². The lowest BCUT2D eigenvalue weighted by molar-refractivity contribution is 0.104. The van der Waals surface area contributed by atoms with Crippen LogP contribution >= 0.6 is 0 Å². The highest BCUT2D eigenvalue weighted by molar-refractivity contribution is 4.82. The zero-order valence-corrected chi connectivity index (χ0v) is 7.67. The lowest BCUT2D eigenvalue weighted by atomic mass is 10.2. The van der Waals surface area contributed by atoms with Crippen molar-refractivity contribution in [2.24, 2.45) is 0 Å². The van der Waals surface area contributed by atoms with Crippen LogP contribution in [0.25, 0.3) is 0 Å². The smallest absolute Gasteiger partial charge is 0.141 e. The molecule has 2 saturated heterocycles. The molecule has 0 aromatic heterocycles. The number of hydrogen-bond donors (Lipinski definition) is 1. The van der Waals surface area contributed by atoms with Crippen molar-refractivity contribution in [2.45, 2.75) is 31.2 Å². The van der Waals surface area contributed by atoms with Gasteiger partial charge in [-0.25, -0.2) is 4.39 Å². The van der Waals surface area contributed by atoms with Gasteiger partial charge in [0, 0.05) is 13.2 Å². The summed E-state index contributed by atoms with van der Waals surface area (Å²) in [5.41, 5.74) is 0. The Bertz CT molecular complexity index is 162. The molecule has 0 aromatic rings. The molecule has 13 heavy (non-hydrogen) atoms. The number of ether oxygens (including phenoxy) is 2. The second-order valence-electron chi connectivity index (χ2n) is 3.70. The Kier molecular flexibility index (Phi) is 3.14. The van der Waals surface area contributed by atoms with E-state index in [1.54, 1.807) is 0 Å². The molecule has 1 N–H and O–H groups in total. The van der Waals surface area contributed by atoms with Crippen LogP contribution in [0.4, 0.5) is 4.39 Å². The van der Waals surface area contributed by atoms with Crippen molar-refractivity contribution in [3.63, 3.8) is 0 Å². The van der Waals surface area contributed by atoms with Gasteiger partial charge < -0.3 is 14.8 Å². The number of hydrogen-bond acceptors (Lipinski definition) is 3. The fourth-order valence-corrected chi connectivity index (χ4v) is 1.80. The molecule has 0 radical (unpaired) electrons. The highest BCUT2D eigenvalue weighted by Crippen LogP contribution is 2.13. The molecule has 0 saturated carbocycles. The summed E-state index contributed by atoms with van der Waals surface area (Å²) >= 11 is 0. The molecule has 3 atom stereocenters. The number of rotatable bonds is 3. The zero-order valence-electron chi connectivity index (χ0n) is 7.67. The van der Waals surface area contributed by atoms with Crippen LogP contribution in [0.3, 0.4) is 0 Å². The van der Waals surface area contributed by atoms with E-state index < -0.39 is 6.17 Å². The van der Waals surface area contributed by atoms with E-state index in [-0.39, 0.29) is 18.8 Å². The fourth-order valence-electron chi connectivity index (χ4n) is 1.80. The largest absolute Gasteiger partial charge is 0.377 e. The van der Waals surface area contributed by atoms with Crippen LogP contribution in [0.15, 0.2) is 0 Å². The van der Waals surface area contributed by atoms with E-state index in [1.165, 1.54) is 0 Å². The van der Waals surface area contributed by atoms with Crippen LogP contribution in [0.5, 0.6) is 0 Å². The second kappa shape index (κ2) is 4.35. The predicted molar refractivity (Wildman–Crippen MR) is 46.5 cm³/mol. The summed E-state index contributed by atoms with van der Waals surface area (Å²) < 4.78 is 23.5. The van der Waals surface area contributed by atoms with E-state index in [0.29, 0.717) is 6.61 Å². The molecule has 3 unspecified atom stereocenters. The Hall–Kier alpha value is -0.190. The van der Waals surface area contributed by atoms with Gasteiger partial charge in [-0.1, -0.05) is 0 Å². The summed E-state index contributed by atoms with van der Waals surface area (Å²) in [6, 6.07) is -0.121. The first-order valence-corrected chi connectivity index (χ1v) is 4.93. The predicted octanol–water partition coefficient (Wildman–Crippen LogP) is 0.492. The number of nitrogens with one attached hydrogen (secondary N) is 1. The van der Waals surface area contributed by atoms with Gasteiger partial charge in [-0.3, -0.25) is 0 Å². The van der Waals surface area contributed by atoms with Crippen LogP contribution in [-0.2, 0) is 9.47 Å². The summed E-state index contributed by atoms with van der Waals surface area (Å²) in [7, 11) is 0. The van der Waals surface area contributed by atoms with Crippen molar-refractivity contribution < 1.29 is 13.9 Å². The van der Waals surface area contributed by atoms with Crippen LogP contribution in [0.2, 0.25) is 0 Å². The first kappa shape index (κ1) is 9.37. The normalized spacial score (nSPS) is 39.9. The molecule has 2 aliphatic heterocycles. The third-order valence-corrected chi connectivity index (χ3v) is 2.64. The summed E-state index contributed by atoms with van der Waals surface area (Å²) in [4.78, 5) is 0. The van der Waals surface area contributed by atoms with E-state index in [4.69, 9.17) is 9.47 Å². The molecule has 3 nitrogen and oxygen atoms in total. The average Bonchev–Trinajstić information content (AvgIpc) is 2.72. The third-order valence-electron chi connectivity index (χ3n) is 2.64. The average molecular weight is 189 g/mol. The van der Waals surface area contributed by atoms with Crippen LogP contribution in [0.1, 0.15) is 12.8 Å². The first-order chi connectivity index (χ1) is 6.36. The van der Waals surface area contributed by atoms with Crippen LogP contribution < -0.4 is 5.32 Å². The van der Waals surface area contributed by atoms with Gasteiger partial charge in [-0.05, 0) is 12.8 Å². The molecular formula is C9H16FNO2. The van der Waals surface area contributed by atoms with Gasteiger partial charge in [-0.15, -0.1) is 0 Å². The van der Waals surface area contributed by atoms with E-state index in [1.807, 2.05) is 0 Å². The van der Waals surface area contributed by atoms with Crippen molar-refractivity contribution in [1.29, 1.82) is 0 Å². The summed E-state index contributed by atoms with van der Waals surface area (Å²) in [6.07, 6.45) is 1.67. The monoisotopic (exact) mass is 189 g/mol. The van der Waals surface area contributed by atoms with E-state index in [9.17, 15) is 4.39 Å². The Morgan fingerprint density at radius 1 is 1.38 bits per heavy atom. The van der Waals surface area contributed by atoms with Crippen LogP contribution in [0, 0.1) is 0 Å². The van der Waals surface area contributed by atoms with Crippen molar-refractivity contribution in [3.05, 3.63) is 0 Å². The van der Waals surface area contributed by atoms with Gasteiger partial charge in [0.05, 0.1) is 25.4 Å². The van der Waals surface area contributed by atoms with Crippen molar-refractivity contribution in [2.75, 3.05) is 26.4 Å². The minimum atomic E-state index is -0.846. The molecule has 0 spiro atoms. The molecular weight excluding hydrogens is 173 g/mol. The third kappa shape index (κ3) is 2.39. The molecule has 2 aliphatic rings.